The average Bonchev–Trinajstić information content (AvgIpc) is 2.34. The van der Waals surface area contributed by atoms with Crippen molar-refractivity contribution in [3.05, 3.63) is 30.3 Å². The Balaban J connectivity index is 2.11. The summed E-state index contributed by atoms with van der Waals surface area (Å²) in [5, 5.41) is 3.11. The Labute approximate surface area is 97.8 Å². The molecule has 1 N–H and O–H groups in total. The Hall–Kier alpha value is -1.06. The zero-order chi connectivity index (χ0) is 11.6. The van der Waals surface area contributed by atoms with Crippen molar-refractivity contribution in [3.8, 4) is 5.75 Å². The van der Waals surface area contributed by atoms with Gasteiger partial charge in [0.25, 0.3) is 0 Å². The number of likely N-dealkylation sites (N-methyl/N-ethyl adjacent to an activating group) is 1. The fourth-order valence-electron chi connectivity index (χ4n) is 1.44. The normalized spacial score (nSPS) is 12.4. The molecule has 1 unspecified atom stereocenters. The minimum absolute atomic E-state index is 0.282. The second-order valence-corrected chi connectivity index (χ2v) is 3.62. The number of para-hydroxylation sites is 1. The van der Waals surface area contributed by atoms with Gasteiger partial charge >= 0.3 is 0 Å². The highest BCUT2D eigenvalue weighted by atomic mass is 16.5. The van der Waals surface area contributed by atoms with Gasteiger partial charge in [-0.3, -0.25) is 0 Å². The van der Waals surface area contributed by atoms with E-state index in [0.717, 1.165) is 18.7 Å². The minimum Gasteiger partial charge on any atom is -0.491 e. The van der Waals surface area contributed by atoms with Gasteiger partial charge in [-0.25, -0.2) is 0 Å². The molecule has 0 aliphatic carbocycles. The van der Waals surface area contributed by atoms with E-state index in [-0.39, 0.29) is 6.10 Å². The Kier molecular flexibility index (Phi) is 6.61. The van der Waals surface area contributed by atoms with E-state index in [4.69, 9.17) is 9.47 Å². The van der Waals surface area contributed by atoms with Crippen LogP contribution in [0.15, 0.2) is 30.3 Å². The molecule has 0 heterocycles. The van der Waals surface area contributed by atoms with E-state index in [9.17, 15) is 0 Å². The van der Waals surface area contributed by atoms with E-state index in [0.29, 0.717) is 13.2 Å². The standard InChI is InChI=1S/C13H21NO2/c1-3-12(11-14-2)15-9-10-16-13-7-5-4-6-8-13/h4-8,12,14H,3,9-11H2,1-2H3. The lowest BCUT2D eigenvalue weighted by Gasteiger charge is -2.15. The summed E-state index contributed by atoms with van der Waals surface area (Å²) in [5.74, 6) is 0.896. The van der Waals surface area contributed by atoms with Crippen LogP contribution in [0.25, 0.3) is 0 Å². The summed E-state index contributed by atoms with van der Waals surface area (Å²) in [7, 11) is 1.94. The first-order valence-electron chi connectivity index (χ1n) is 5.81. The highest BCUT2D eigenvalue weighted by molar-refractivity contribution is 5.20. The van der Waals surface area contributed by atoms with Crippen molar-refractivity contribution in [1.82, 2.24) is 5.32 Å². The zero-order valence-corrected chi connectivity index (χ0v) is 10.1. The third-order valence-electron chi connectivity index (χ3n) is 2.34. The fourth-order valence-corrected chi connectivity index (χ4v) is 1.44. The number of hydrogen-bond acceptors (Lipinski definition) is 3. The van der Waals surface area contributed by atoms with Gasteiger partial charge in [-0.15, -0.1) is 0 Å². The molecule has 3 nitrogen and oxygen atoms in total. The molecule has 0 spiro atoms. The second-order valence-electron chi connectivity index (χ2n) is 3.62. The molecule has 1 atom stereocenters. The largest absolute Gasteiger partial charge is 0.491 e. The molecular formula is C13H21NO2. The molecule has 0 radical (unpaired) electrons. The summed E-state index contributed by atoms with van der Waals surface area (Å²) >= 11 is 0. The predicted molar refractivity (Wildman–Crippen MR) is 65.9 cm³/mol. The van der Waals surface area contributed by atoms with Gasteiger partial charge in [0.2, 0.25) is 0 Å². The van der Waals surface area contributed by atoms with E-state index in [1.165, 1.54) is 0 Å². The number of ether oxygens (including phenoxy) is 2. The van der Waals surface area contributed by atoms with Gasteiger partial charge in [0.15, 0.2) is 0 Å². The van der Waals surface area contributed by atoms with Crippen LogP contribution in [0.1, 0.15) is 13.3 Å². The summed E-state index contributed by atoms with van der Waals surface area (Å²) in [5.41, 5.74) is 0. The molecule has 0 fully saturated rings. The number of rotatable bonds is 8. The van der Waals surface area contributed by atoms with Gasteiger partial charge in [0.05, 0.1) is 12.7 Å². The van der Waals surface area contributed by atoms with E-state index in [1.807, 2.05) is 37.4 Å². The average molecular weight is 223 g/mol. The summed E-state index contributed by atoms with van der Waals surface area (Å²) in [6.45, 7) is 4.25. The van der Waals surface area contributed by atoms with E-state index in [2.05, 4.69) is 12.2 Å². The van der Waals surface area contributed by atoms with Crippen molar-refractivity contribution >= 4 is 0 Å². The molecule has 0 saturated heterocycles. The first-order valence-corrected chi connectivity index (χ1v) is 5.81. The molecule has 90 valence electrons. The topological polar surface area (TPSA) is 30.5 Å². The molecule has 0 amide bonds. The molecule has 1 aromatic carbocycles. The predicted octanol–water partition coefficient (Wildman–Crippen LogP) is 2.08. The number of nitrogens with one attached hydrogen (secondary N) is 1. The van der Waals surface area contributed by atoms with Crippen LogP contribution in [0.2, 0.25) is 0 Å². The van der Waals surface area contributed by atoms with E-state index in [1.54, 1.807) is 0 Å². The maximum absolute atomic E-state index is 5.67. The second kappa shape index (κ2) is 8.13. The lowest BCUT2D eigenvalue weighted by Crippen LogP contribution is -2.27. The van der Waals surface area contributed by atoms with E-state index < -0.39 is 0 Å². The van der Waals surface area contributed by atoms with Crippen molar-refractivity contribution in [2.24, 2.45) is 0 Å². The number of benzene rings is 1. The van der Waals surface area contributed by atoms with Crippen molar-refractivity contribution in [2.75, 3.05) is 26.8 Å². The van der Waals surface area contributed by atoms with Crippen LogP contribution < -0.4 is 10.1 Å². The van der Waals surface area contributed by atoms with Crippen LogP contribution in [0.3, 0.4) is 0 Å². The minimum atomic E-state index is 0.282. The molecule has 3 heteroatoms. The fraction of sp³-hybridized carbons (Fsp3) is 0.538. The molecule has 0 bridgehead atoms. The van der Waals surface area contributed by atoms with Gasteiger partial charge < -0.3 is 14.8 Å². The SMILES string of the molecule is CCC(CNC)OCCOc1ccccc1. The molecule has 1 aromatic rings. The van der Waals surface area contributed by atoms with Crippen molar-refractivity contribution in [1.29, 1.82) is 0 Å². The van der Waals surface area contributed by atoms with Crippen molar-refractivity contribution in [2.45, 2.75) is 19.4 Å². The Morgan fingerprint density at radius 3 is 2.56 bits per heavy atom. The number of hydrogen-bond donors (Lipinski definition) is 1. The van der Waals surface area contributed by atoms with Gasteiger partial charge in [-0.1, -0.05) is 25.1 Å². The van der Waals surface area contributed by atoms with Crippen LogP contribution in [-0.2, 0) is 4.74 Å². The van der Waals surface area contributed by atoms with Crippen LogP contribution in [-0.4, -0.2) is 32.9 Å². The van der Waals surface area contributed by atoms with Gasteiger partial charge in [0, 0.05) is 6.54 Å². The zero-order valence-electron chi connectivity index (χ0n) is 10.1. The lowest BCUT2D eigenvalue weighted by molar-refractivity contribution is 0.0330. The lowest BCUT2D eigenvalue weighted by atomic mass is 10.3. The van der Waals surface area contributed by atoms with Gasteiger partial charge in [-0.05, 0) is 25.6 Å². The molecule has 1 rings (SSSR count). The quantitative estimate of drug-likeness (QED) is 0.684. The van der Waals surface area contributed by atoms with Crippen LogP contribution in [0.5, 0.6) is 5.75 Å². The third kappa shape index (κ3) is 5.14. The Morgan fingerprint density at radius 1 is 1.19 bits per heavy atom. The molecule has 0 aliphatic rings. The highest BCUT2D eigenvalue weighted by Gasteiger charge is 2.04. The van der Waals surface area contributed by atoms with Gasteiger partial charge in [-0.2, -0.15) is 0 Å². The van der Waals surface area contributed by atoms with E-state index >= 15 is 0 Å². The molecule has 16 heavy (non-hydrogen) atoms. The summed E-state index contributed by atoms with van der Waals surface area (Å²) in [6, 6.07) is 9.80. The highest BCUT2D eigenvalue weighted by Crippen LogP contribution is 2.07. The first kappa shape index (κ1) is 13.0. The smallest absolute Gasteiger partial charge is 0.119 e. The Morgan fingerprint density at radius 2 is 1.94 bits per heavy atom. The van der Waals surface area contributed by atoms with Crippen LogP contribution in [0.4, 0.5) is 0 Å². The maximum Gasteiger partial charge on any atom is 0.119 e. The molecular weight excluding hydrogens is 202 g/mol. The molecule has 0 aliphatic heterocycles. The monoisotopic (exact) mass is 223 g/mol. The first-order chi connectivity index (χ1) is 7.86. The molecule has 0 aromatic heterocycles. The summed E-state index contributed by atoms with van der Waals surface area (Å²) in [4.78, 5) is 0. The third-order valence-corrected chi connectivity index (χ3v) is 2.34. The van der Waals surface area contributed by atoms with Crippen molar-refractivity contribution < 1.29 is 9.47 Å². The van der Waals surface area contributed by atoms with Crippen LogP contribution in [0, 0.1) is 0 Å². The summed E-state index contributed by atoms with van der Waals surface area (Å²) < 4.78 is 11.2. The summed E-state index contributed by atoms with van der Waals surface area (Å²) in [6.07, 6.45) is 1.30. The molecule has 0 saturated carbocycles. The Bertz CT molecular complexity index is 264. The maximum atomic E-state index is 5.67. The van der Waals surface area contributed by atoms with Gasteiger partial charge in [0.1, 0.15) is 12.4 Å². The van der Waals surface area contributed by atoms with Crippen LogP contribution >= 0.6 is 0 Å². The van der Waals surface area contributed by atoms with Crippen molar-refractivity contribution in [3.63, 3.8) is 0 Å².